The van der Waals surface area contributed by atoms with E-state index >= 15 is 0 Å². The summed E-state index contributed by atoms with van der Waals surface area (Å²) in [5.41, 5.74) is 1.18. The molecule has 1 saturated heterocycles. The molecule has 122 valence electrons. The van der Waals surface area contributed by atoms with Gasteiger partial charge >= 0.3 is 6.03 Å². The lowest BCUT2D eigenvalue weighted by Gasteiger charge is -2.16. The monoisotopic (exact) mass is 395 g/mol. The lowest BCUT2D eigenvalue weighted by atomic mass is 10.0. The van der Waals surface area contributed by atoms with Crippen molar-refractivity contribution in [3.8, 4) is 0 Å². The predicted molar refractivity (Wildman–Crippen MR) is 92.9 cm³/mol. The Hall–Kier alpha value is -1.41. The fourth-order valence-corrected chi connectivity index (χ4v) is 4.57. The van der Waals surface area contributed by atoms with Crippen molar-refractivity contribution in [1.82, 2.24) is 19.7 Å². The van der Waals surface area contributed by atoms with Crippen LogP contribution in [-0.4, -0.2) is 38.8 Å². The molecule has 1 aliphatic carbocycles. The van der Waals surface area contributed by atoms with Gasteiger partial charge in [0, 0.05) is 24.2 Å². The van der Waals surface area contributed by atoms with Gasteiger partial charge in [-0.3, -0.25) is 10.00 Å². The van der Waals surface area contributed by atoms with E-state index in [2.05, 4.69) is 31.3 Å². The number of fused-ring (bicyclic) bond motifs is 1. The van der Waals surface area contributed by atoms with Gasteiger partial charge in [-0.15, -0.1) is 11.3 Å². The molecule has 1 aliphatic heterocycles. The number of hydrogen-bond acceptors (Lipinski definition) is 4. The standard InChI is InChI=1S/C15H18BrN5OS/c16-10-7-17-21(8-10)11-5-6-20(9-11)15(22)19-14-18-12-3-1-2-4-13(12)23-14/h7-8,11H,1-6,9H2,(H,18,19,22). The van der Waals surface area contributed by atoms with Crippen molar-refractivity contribution in [2.24, 2.45) is 0 Å². The molecule has 8 heteroatoms. The van der Waals surface area contributed by atoms with Crippen molar-refractivity contribution in [3.63, 3.8) is 0 Å². The van der Waals surface area contributed by atoms with Crippen LogP contribution in [0.2, 0.25) is 0 Å². The molecular formula is C15H18BrN5OS. The van der Waals surface area contributed by atoms with E-state index in [-0.39, 0.29) is 12.1 Å². The number of rotatable bonds is 2. The topological polar surface area (TPSA) is 63.1 Å². The number of nitrogens with zero attached hydrogens (tertiary/aromatic N) is 4. The average molecular weight is 396 g/mol. The van der Waals surface area contributed by atoms with Crippen molar-refractivity contribution < 1.29 is 4.79 Å². The third-order valence-electron chi connectivity index (χ3n) is 4.45. The lowest BCUT2D eigenvalue weighted by Crippen LogP contribution is -2.33. The Bertz CT molecular complexity index is 704. The molecule has 2 aromatic heterocycles. The van der Waals surface area contributed by atoms with Crippen LogP contribution in [0.15, 0.2) is 16.9 Å². The van der Waals surface area contributed by atoms with E-state index in [1.165, 1.54) is 23.4 Å². The molecule has 6 nitrogen and oxygen atoms in total. The van der Waals surface area contributed by atoms with Crippen LogP contribution < -0.4 is 5.32 Å². The van der Waals surface area contributed by atoms with Gasteiger partial charge in [-0.25, -0.2) is 9.78 Å². The molecule has 1 N–H and O–H groups in total. The Morgan fingerprint density at radius 1 is 1.39 bits per heavy atom. The third kappa shape index (κ3) is 3.14. The number of aryl methyl sites for hydroxylation is 2. The Morgan fingerprint density at radius 3 is 3.04 bits per heavy atom. The van der Waals surface area contributed by atoms with Gasteiger partial charge in [0.15, 0.2) is 5.13 Å². The maximum Gasteiger partial charge on any atom is 0.323 e. The van der Waals surface area contributed by atoms with Gasteiger partial charge in [-0.05, 0) is 48.0 Å². The number of hydrogen-bond donors (Lipinski definition) is 1. The number of halogens is 1. The fraction of sp³-hybridized carbons (Fsp3) is 0.533. The van der Waals surface area contributed by atoms with Crippen LogP contribution in [0.1, 0.15) is 35.9 Å². The van der Waals surface area contributed by atoms with Gasteiger partial charge in [-0.1, -0.05) is 0 Å². The summed E-state index contributed by atoms with van der Waals surface area (Å²) in [4.78, 5) is 20.2. The second-order valence-electron chi connectivity index (χ2n) is 6.05. The normalized spacial score (nSPS) is 20.6. The van der Waals surface area contributed by atoms with Gasteiger partial charge in [-0.2, -0.15) is 5.10 Å². The molecule has 0 spiro atoms. The van der Waals surface area contributed by atoms with Crippen LogP contribution in [0.4, 0.5) is 9.93 Å². The van der Waals surface area contributed by atoms with Crippen LogP contribution in [0.25, 0.3) is 0 Å². The van der Waals surface area contributed by atoms with E-state index in [9.17, 15) is 4.79 Å². The van der Waals surface area contributed by atoms with Crippen molar-refractivity contribution >= 4 is 38.4 Å². The number of nitrogens with one attached hydrogen (secondary N) is 1. The van der Waals surface area contributed by atoms with Crippen LogP contribution in [0.3, 0.4) is 0 Å². The van der Waals surface area contributed by atoms with Crippen molar-refractivity contribution in [3.05, 3.63) is 27.4 Å². The van der Waals surface area contributed by atoms with E-state index in [0.29, 0.717) is 6.54 Å². The van der Waals surface area contributed by atoms with Gasteiger partial charge in [0.2, 0.25) is 0 Å². The molecule has 0 saturated carbocycles. The minimum atomic E-state index is -0.0511. The maximum atomic E-state index is 12.5. The predicted octanol–water partition coefficient (Wildman–Crippen LogP) is 3.46. The Kier molecular flexibility index (Phi) is 4.11. The first-order chi connectivity index (χ1) is 11.2. The fourth-order valence-electron chi connectivity index (χ4n) is 3.23. The molecule has 3 heterocycles. The second-order valence-corrected chi connectivity index (χ2v) is 8.05. The van der Waals surface area contributed by atoms with E-state index in [1.54, 1.807) is 17.5 Å². The van der Waals surface area contributed by atoms with Gasteiger partial charge in [0.05, 0.1) is 22.4 Å². The molecule has 2 aromatic rings. The number of amides is 2. The summed E-state index contributed by atoms with van der Waals surface area (Å²) in [7, 11) is 0. The highest BCUT2D eigenvalue weighted by Crippen LogP contribution is 2.30. The number of likely N-dealkylation sites (tertiary alicyclic amines) is 1. The molecular weight excluding hydrogens is 378 g/mol. The van der Waals surface area contributed by atoms with Gasteiger partial charge in [0.25, 0.3) is 0 Å². The molecule has 23 heavy (non-hydrogen) atoms. The first-order valence-electron chi connectivity index (χ1n) is 7.93. The summed E-state index contributed by atoms with van der Waals surface area (Å²) in [6.07, 6.45) is 9.25. The van der Waals surface area contributed by atoms with Crippen molar-refractivity contribution in [1.29, 1.82) is 0 Å². The first-order valence-corrected chi connectivity index (χ1v) is 9.54. The number of carbonyl (C=O) groups is 1. The second kappa shape index (κ2) is 6.24. The summed E-state index contributed by atoms with van der Waals surface area (Å²) < 4.78 is 2.90. The van der Waals surface area contributed by atoms with E-state index < -0.39 is 0 Å². The number of carbonyl (C=O) groups excluding carboxylic acids is 1. The minimum Gasteiger partial charge on any atom is -0.322 e. The molecule has 0 bridgehead atoms. The highest BCUT2D eigenvalue weighted by atomic mass is 79.9. The smallest absolute Gasteiger partial charge is 0.322 e. The van der Waals surface area contributed by atoms with Crippen molar-refractivity contribution in [2.45, 2.75) is 38.1 Å². The summed E-state index contributed by atoms with van der Waals surface area (Å²) in [5.74, 6) is 0. The molecule has 0 aromatic carbocycles. The van der Waals surface area contributed by atoms with E-state index in [0.717, 1.165) is 35.4 Å². The molecule has 0 radical (unpaired) electrons. The highest BCUT2D eigenvalue weighted by Gasteiger charge is 2.28. The van der Waals surface area contributed by atoms with E-state index in [1.807, 2.05) is 15.8 Å². The molecule has 1 unspecified atom stereocenters. The largest absolute Gasteiger partial charge is 0.323 e. The lowest BCUT2D eigenvalue weighted by molar-refractivity contribution is 0.220. The molecule has 1 atom stereocenters. The zero-order chi connectivity index (χ0) is 15.8. The summed E-state index contributed by atoms with van der Waals surface area (Å²) in [6.45, 7) is 1.43. The SMILES string of the molecule is O=C(Nc1nc2c(s1)CCCC2)N1CCC(n2cc(Br)cn2)C1. The Labute approximate surface area is 147 Å². The number of aromatic nitrogens is 3. The summed E-state index contributed by atoms with van der Waals surface area (Å²) >= 11 is 5.04. The van der Waals surface area contributed by atoms with Crippen LogP contribution >= 0.6 is 27.3 Å². The summed E-state index contributed by atoms with van der Waals surface area (Å²) in [6, 6.07) is 0.196. The van der Waals surface area contributed by atoms with Gasteiger partial charge < -0.3 is 4.90 Å². The molecule has 2 aliphatic rings. The van der Waals surface area contributed by atoms with Crippen LogP contribution in [-0.2, 0) is 12.8 Å². The molecule has 4 rings (SSSR count). The Morgan fingerprint density at radius 2 is 2.26 bits per heavy atom. The quantitative estimate of drug-likeness (QED) is 0.846. The summed E-state index contributed by atoms with van der Waals surface area (Å²) in [5, 5.41) is 8.04. The minimum absolute atomic E-state index is 0.0511. The van der Waals surface area contributed by atoms with Crippen LogP contribution in [0.5, 0.6) is 0 Å². The maximum absolute atomic E-state index is 12.5. The van der Waals surface area contributed by atoms with Crippen LogP contribution in [0, 0.1) is 0 Å². The van der Waals surface area contributed by atoms with Gasteiger partial charge in [0.1, 0.15) is 0 Å². The molecule has 2 amide bonds. The first kappa shape index (κ1) is 15.1. The third-order valence-corrected chi connectivity index (χ3v) is 5.94. The number of thiazole rings is 1. The molecule has 1 fully saturated rings. The zero-order valence-corrected chi connectivity index (χ0v) is 15.1. The highest BCUT2D eigenvalue weighted by molar-refractivity contribution is 9.10. The number of anilines is 1. The number of urea groups is 1. The van der Waals surface area contributed by atoms with E-state index in [4.69, 9.17) is 0 Å². The zero-order valence-electron chi connectivity index (χ0n) is 12.7. The average Bonchev–Trinajstić information content (AvgIpc) is 3.24. The van der Waals surface area contributed by atoms with Crippen molar-refractivity contribution in [2.75, 3.05) is 18.4 Å². The Balaban J connectivity index is 1.39.